The maximum absolute atomic E-state index is 13.0. The van der Waals surface area contributed by atoms with E-state index in [0.717, 1.165) is 4.90 Å². The van der Waals surface area contributed by atoms with Crippen LogP contribution in [-0.4, -0.2) is 48.0 Å². The summed E-state index contributed by atoms with van der Waals surface area (Å²) in [5.41, 5.74) is -0.755. The van der Waals surface area contributed by atoms with Crippen molar-refractivity contribution < 1.29 is 33.3 Å². The molecule has 0 aliphatic carbocycles. The molecule has 0 bridgehead atoms. The van der Waals surface area contributed by atoms with Crippen LogP contribution in [0.2, 0.25) is 0 Å². The number of benzene rings is 2. The van der Waals surface area contributed by atoms with Crippen molar-refractivity contribution in [1.29, 1.82) is 0 Å². The number of nitrogens with zero attached hydrogens (tertiary/aromatic N) is 1. The molecule has 152 valence electrons. The Bertz CT molecular complexity index is 950. The standard InChI is InChI=1S/C20H19FN2O6/c1-20(12-2-7-16-17(8-12)29-11-28-16)18(25)23(19(26)22-20)9-14(24)10-27-15-5-3-13(21)4-6-15/h2-8,14,24H,9-11H2,1H3,(H,22,26)/t14-,20+/m0/s1. The quantitative estimate of drug-likeness (QED) is 0.715. The third-order valence-electron chi connectivity index (χ3n) is 4.87. The number of urea groups is 1. The molecule has 2 aliphatic heterocycles. The van der Waals surface area contributed by atoms with Crippen molar-refractivity contribution in [1.82, 2.24) is 10.2 Å². The van der Waals surface area contributed by atoms with Crippen molar-refractivity contribution in [3.05, 3.63) is 53.8 Å². The Hall–Kier alpha value is -3.33. The van der Waals surface area contributed by atoms with Crippen LogP contribution >= 0.6 is 0 Å². The highest BCUT2D eigenvalue weighted by atomic mass is 19.1. The lowest BCUT2D eigenvalue weighted by Crippen LogP contribution is -2.42. The second-order valence-electron chi connectivity index (χ2n) is 6.96. The van der Waals surface area contributed by atoms with Gasteiger partial charge in [0.15, 0.2) is 11.5 Å². The molecule has 0 radical (unpaired) electrons. The first-order chi connectivity index (χ1) is 13.9. The number of carbonyl (C=O) groups is 2. The molecule has 2 aromatic carbocycles. The summed E-state index contributed by atoms with van der Waals surface area (Å²) in [6.07, 6.45) is -1.12. The molecule has 2 atom stereocenters. The maximum Gasteiger partial charge on any atom is 0.325 e. The summed E-state index contributed by atoms with van der Waals surface area (Å²) in [6.45, 7) is 1.28. The highest BCUT2D eigenvalue weighted by Gasteiger charge is 2.49. The van der Waals surface area contributed by atoms with Gasteiger partial charge in [0, 0.05) is 0 Å². The first-order valence-corrected chi connectivity index (χ1v) is 8.97. The van der Waals surface area contributed by atoms with Crippen LogP contribution in [0.25, 0.3) is 0 Å². The number of amides is 3. The molecule has 29 heavy (non-hydrogen) atoms. The van der Waals surface area contributed by atoms with E-state index in [-0.39, 0.29) is 19.9 Å². The van der Waals surface area contributed by atoms with Gasteiger partial charge in [-0.05, 0) is 48.9 Å². The van der Waals surface area contributed by atoms with Gasteiger partial charge >= 0.3 is 6.03 Å². The molecule has 9 heteroatoms. The molecule has 2 aromatic rings. The van der Waals surface area contributed by atoms with Gasteiger partial charge in [0.25, 0.3) is 5.91 Å². The number of halogens is 1. The number of carbonyl (C=O) groups excluding carboxylic acids is 2. The van der Waals surface area contributed by atoms with E-state index < -0.39 is 29.4 Å². The van der Waals surface area contributed by atoms with Crippen LogP contribution < -0.4 is 19.5 Å². The normalized spacial score (nSPS) is 21.3. The fraction of sp³-hybridized carbons (Fsp3) is 0.300. The van der Waals surface area contributed by atoms with E-state index in [0.29, 0.717) is 22.8 Å². The van der Waals surface area contributed by atoms with Crippen LogP contribution in [-0.2, 0) is 10.3 Å². The lowest BCUT2D eigenvalue weighted by Gasteiger charge is -2.23. The SMILES string of the molecule is C[C@]1(c2ccc3c(c2)OCO3)NC(=O)N(C[C@H](O)COc2ccc(F)cc2)C1=O. The fourth-order valence-electron chi connectivity index (χ4n) is 3.25. The molecule has 0 saturated carbocycles. The van der Waals surface area contributed by atoms with E-state index in [2.05, 4.69) is 5.32 Å². The van der Waals surface area contributed by atoms with E-state index >= 15 is 0 Å². The molecule has 2 aliphatic rings. The van der Waals surface area contributed by atoms with E-state index in [1.807, 2.05) is 0 Å². The number of nitrogens with one attached hydrogen (secondary N) is 1. The predicted molar refractivity (Wildman–Crippen MR) is 98.1 cm³/mol. The van der Waals surface area contributed by atoms with Gasteiger partial charge < -0.3 is 24.6 Å². The zero-order chi connectivity index (χ0) is 20.6. The molecule has 2 N–H and O–H groups in total. The van der Waals surface area contributed by atoms with E-state index in [1.165, 1.54) is 24.3 Å². The lowest BCUT2D eigenvalue weighted by molar-refractivity contribution is -0.132. The average Bonchev–Trinajstić information content (AvgIpc) is 3.26. The second kappa shape index (κ2) is 7.25. The van der Waals surface area contributed by atoms with Crippen LogP contribution in [0.4, 0.5) is 9.18 Å². The number of hydrogen-bond acceptors (Lipinski definition) is 6. The van der Waals surface area contributed by atoms with Crippen molar-refractivity contribution in [2.24, 2.45) is 0 Å². The van der Waals surface area contributed by atoms with Crippen molar-refractivity contribution >= 4 is 11.9 Å². The molecular weight excluding hydrogens is 383 g/mol. The molecule has 8 nitrogen and oxygen atoms in total. The van der Waals surface area contributed by atoms with Gasteiger partial charge in [-0.15, -0.1) is 0 Å². The number of rotatable bonds is 6. The zero-order valence-corrected chi connectivity index (χ0v) is 15.6. The van der Waals surface area contributed by atoms with Gasteiger partial charge in [0.1, 0.15) is 29.8 Å². The summed E-state index contributed by atoms with van der Waals surface area (Å²) in [5, 5.41) is 12.9. The summed E-state index contributed by atoms with van der Waals surface area (Å²) in [6, 6.07) is 9.71. The minimum absolute atomic E-state index is 0.0994. The Balaban J connectivity index is 1.43. The number of ether oxygens (including phenoxy) is 3. The first-order valence-electron chi connectivity index (χ1n) is 8.97. The highest BCUT2D eigenvalue weighted by molar-refractivity contribution is 6.07. The summed E-state index contributed by atoms with van der Waals surface area (Å²) in [7, 11) is 0. The average molecular weight is 402 g/mol. The summed E-state index contributed by atoms with van der Waals surface area (Å²) >= 11 is 0. The lowest BCUT2D eigenvalue weighted by atomic mass is 9.91. The summed E-state index contributed by atoms with van der Waals surface area (Å²) in [5.74, 6) is 0.534. The third-order valence-corrected chi connectivity index (χ3v) is 4.87. The Kier molecular flexibility index (Phi) is 4.75. The largest absolute Gasteiger partial charge is 0.491 e. The topological polar surface area (TPSA) is 97.3 Å². The number of β-amino-alcohol motifs (C(OH)–C–C–N with tert-alkyl or cyclic N) is 1. The molecule has 0 spiro atoms. The number of hydrogen-bond donors (Lipinski definition) is 2. The van der Waals surface area contributed by atoms with Crippen molar-refractivity contribution in [2.45, 2.75) is 18.6 Å². The number of aliphatic hydroxyl groups excluding tert-OH is 1. The Labute approximate surface area is 165 Å². The van der Waals surface area contributed by atoms with Crippen molar-refractivity contribution in [2.75, 3.05) is 19.9 Å². The molecular formula is C20H19FN2O6. The van der Waals surface area contributed by atoms with Gasteiger partial charge in [-0.25, -0.2) is 9.18 Å². The van der Waals surface area contributed by atoms with Crippen LogP contribution in [0.3, 0.4) is 0 Å². The second-order valence-corrected chi connectivity index (χ2v) is 6.96. The first kappa shape index (κ1) is 19.0. The van der Waals surface area contributed by atoms with E-state index in [4.69, 9.17) is 14.2 Å². The van der Waals surface area contributed by atoms with Crippen molar-refractivity contribution in [3.8, 4) is 17.2 Å². The van der Waals surface area contributed by atoms with Gasteiger partial charge in [-0.3, -0.25) is 9.69 Å². The monoisotopic (exact) mass is 402 g/mol. The molecule has 1 saturated heterocycles. The number of aliphatic hydroxyl groups is 1. The van der Waals surface area contributed by atoms with Crippen LogP contribution in [0.15, 0.2) is 42.5 Å². The third kappa shape index (κ3) is 3.56. The molecule has 4 rings (SSSR count). The fourth-order valence-corrected chi connectivity index (χ4v) is 3.25. The molecule has 1 fully saturated rings. The maximum atomic E-state index is 13.0. The summed E-state index contributed by atoms with van der Waals surface area (Å²) < 4.78 is 28.9. The Morgan fingerprint density at radius 2 is 1.93 bits per heavy atom. The minimum Gasteiger partial charge on any atom is -0.491 e. The smallest absolute Gasteiger partial charge is 0.325 e. The molecule has 3 amide bonds. The van der Waals surface area contributed by atoms with Gasteiger partial charge in [-0.2, -0.15) is 0 Å². The van der Waals surface area contributed by atoms with E-state index in [1.54, 1.807) is 25.1 Å². The summed E-state index contributed by atoms with van der Waals surface area (Å²) in [4.78, 5) is 26.3. The van der Waals surface area contributed by atoms with Crippen LogP contribution in [0.1, 0.15) is 12.5 Å². The zero-order valence-electron chi connectivity index (χ0n) is 15.6. The number of imide groups is 1. The molecule has 0 unspecified atom stereocenters. The van der Waals surface area contributed by atoms with Gasteiger partial charge in [0.05, 0.1) is 6.54 Å². The molecule has 2 heterocycles. The van der Waals surface area contributed by atoms with Crippen LogP contribution in [0, 0.1) is 5.82 Å². The van der Waals surface area contributed by atoms with Gasteiger partial charge in [0.2, 0.25) is 6.79 Å². The number of fused-ring (bicyclic) bond motifs is 1. The minimum atomic E-state index is -1.30. The Morgan fingerprint density at radius 3 is 2.69 bits per heavy atom. The highest BCUT2D eigenvalue weighted by Crippen LogP contribution is 2.37. The van der Waals surface area contributed by atoms with Crippen LogP contribution in [0.5, 0.6) is 17.2 Å². The predicted octanol–water partition coefficient (Wildman–Crippen LogP) is 1.76. The van der Waals surface area contributed by atoms with Crippen molar-refractivity contribution in [3.63, 3.8) is 0 Å². The molecule has 0 aromatic heterocycles. The van der Waals surface area contributed by atoms with Gasteiger partial charge in [-0.1, -0.05) is 6.07 Å². The van der Waals surface area contributed by atoms with E-state index in [9.17, 15) is 19.1 Å². The Morgan fingerprint density at radius 1 is 1.21 bits per heavy atom.